The van der Waals surface area contributed by atoms with Gasteiger partial charge in [-0.15, -0.1) is 0 Å². The normalized spacial score (nSPS) is 28.4. The molecule has 2 aromatic rings. The molecule has 0 amide bonds. The Morgan fingerprint density at radius 2 is 1.90 bits per heavy atom. The number of fused-ring (bicyclic) bond motifs is 3. The summed E-state index contributed by atoms with van der Waals surface area (Å²) in [6, 6.07) is 12.9. The lowest BCUT2D eigenvalue weighted by molar-refractivity contribution is 0.166. The van der Waals surface area contributed by atoms with Gasteiger partial charge in [-0.05, 0) is 44.4 Å². The molecular formula is C18H23N3. The topological polar surface area (TPSA) is 28.2 Å². The van der Waals surface area contributed by atoms with Crippen LogP contribution in [0.3, 0.4) is 0 Å². The van der Waals surface area contributed by atoms with Crippen molar-refractivity contribution in [2.24, 2.45) is 0 Å². The first-order chi connectivity index (χ1) is 10.3. The SMILES string of the molecule is CN(Cc1cccc2cccnc12)C1CC2CCC(C1)N2. The molecule has 1 N–H and O–H groups in total. The predicted molar refractivity (Wildman–Crippen MR) is 86.2 cm³/mol. The molecule has 1 aromatic carbocycles. The highest BCUT2D eigenvalue weighted by Gasteiger charge is 2.35. The fourth-order valence-electron chi connectivity index (χ4n) is 4.08. The summed E-state index contributed by atoms with van der Waals surface area (Å²) >= 11 is 0. The van der Waals surface area contributed by atoms with Gasteiger partial charge in [-0.3, -0.25) is 9.88 Å². The lowest BCUT2D eigenvalue weighted by atomic mass is 9.98. The van der Waals surface area contributed by atoms with Crippen molar-refractivity contribution in [2.75, 3.05) is 7.05 Å². The molecule has 1 aromatic heterocycles. The fraction of sp³-hybridized carbons (Fsp3) is 0.500. The van der Waals surface area contributed by atoms with Crippen LogP contribution in [0.5, 0.6) is 0 Å². The molecule has 110 valence electrons. The first-order valence-corrected chi connectivity index (χ1v) is 8.08. The summed E-state index contributed by atoms with van der Waals surface area (Å²) in [5.74, 6) is 0. The van der Waals surface area contributed by atoms with Crippen molar-refractivity contribution in [3.63, 3.8) is 0 Å². The number of para-hydroxylation sites is 1. The van der Waals surface area contributed by atoms with Gasteiger partial charge in [0, 0.05) is 36.3 Å². The van der Waals surface area contributed by atoms with E-state index in [1.807, 2.05) is 12.3 Å². The molecule has 3 heteroatoms. The highest BCUT2D eigenvalue weighted by atomic mass is 15.2. The highest BCUT2D eigenvalue weighted by molar-refractivity contribution is 5.81. The number of pyridine rings is 1. The maximum absolute atomic E-state index is 4.58. The molecule has 4 rings (SSSR count). The van der Waals surface area contributed by atoms with Crippen molar-refractivity contribution in [2.45, 2.75) is 50.4 Å². The second-order valence-corrected chi connectivity index (χ2v) is 6.67. The van der Waals surface area contributed by atoms with Crippen LogP contribution < -0.4 is 5.32 Å². The Morgan fingerprint density at radius 3 is 2.71 bits per heavy atom. The maximum atomic E-state index is 4.58. The summed E-state index contributed by atoms with van der Waals surface area (Å²) in [4.78, 5) is 7.12. The smallest absolute Gasteiger partial charge is 0.0746 e. The lowest BCUT2D eigenvalue weighted by Gasteiger charge is -2.35. The summed E-state index contributed by atoms with van der Waals surface area (Å²) in [7, 11) is 2.28. The van der Waals surface area contributed by atoms with Gasteiger partial charge in [0.25, 0.3) is 0 Å². The number of nitrogens with zero attached hydrogens (tertiary/aromatic N) is 2. The highest BCUT2D eigenvalue weighted by Crippen LogP contribution is 2.30. The van der Waals surface area contributed by atoms with Crippen molar-refractivity contribution in [3.8, 4) is 0 Å². The monoisotopic (exact) mass is 281 g/mol. The molecule has 2 aliphatic rings. The van der Waals surface area contributed by atoms with E-state index in [9.17, 15) is 0 Å². The third kappa shape index (κ3) is 2.56. The number of aromatic nitrogens is 1. The molecule has 0 aliphatic carbocycles. The van der Waals surface area contributed by atoms with Crippen molar-refractivity contribution >= 4 is 10.9 Å². The molecule has 2 aliphatic heterocycles. The van der Waals surface area contributed by atoms with Gasteiger partial charge in [0.2, 0.25) is 0 Å². The van der Waals surface area contributed by atoms with E-state index >= 15 is 0 Å². The summed E-state index contributed by atoms with van der Waals surface area (Å²) in [6.07, 6.45) is 7.22. The van der Waals surface area contributed by atoms with Crippen molar-refractivity contribution < 1.29 is 0 Å². The van der Waals surface area contributed by atoms with E-state index < -0.39 is 0 Å². The molecule has 0 radical (unpaired) electrons. The number of hydrogen-bond donors (Lipinski definition) is 1. The van der Waals surface area contributed by atoms with Crippen LogP contribution in [-0.2, 0) is 6.54 Å². The van der Waals surface area contributed by atoms with Gasteiger partial charge in [0.15, 0.2) is 0 Å². The molecular weight excluding hydrogens is 258 g/mol. The number of nitrogens with one attached hydrogen (secondary N) is 1. The predicted octanol–water partition coefficient (Wildman–Crippen LogP) is 2.95. The van der Waals surface area contributed by atoms with E-state index in [-0.39, 0.29) is 0 Å². The van der Waals surface area contributed by atoms with Gasteiger partial charge < -0.3 is 5.32 Å². The van der Waals surface area contributed by atoms with Gasteiger partial charge in [0.05, 0.1) is 5.52 Å². The fourth-order valence-corrected chi connectivity index (χ4v) is 4.08. The molecule has 3 nitrogen and oxygen atoms in total. The molecule has 2 fully saturated rings. The van der Waals surface area contributed by atoms with Crippen LogP contribution >= 0.6 is 0 Å². The second kappa shape index (κ2) is 5.39. The van der Waals surface area contributed by atoms with Gasteiger partial charge in [-0.1, -0.05) is 24.3 Å². The molecule has 21 heavy (non-hydrogen) atoms. The van der Waals surface area contributed by atoms with E-state index in [1.54, 1.807) is 0 Å². The molecule has 0 spiro atoms. The summed E-state index contributed by atoms with van der Waals surface area (Å²) in [6.45, 7) is 0.998. The Kier molecular flexibility index (Phi) is 3.40. The average molecular weight is 281 g/mol. The Morgan fingerprint density at radius 1 is 1.14 bits per heavy atom. The molecule has 2 saturated heterocycles. The van der Waals surface area contributed by atoms with Gasteiger partial charge in [0.1, 0.15) is 0 Å². The third-order valence-electron chi connectivity index (χ3n) is 5.21. The molecule has 0 saturated carbocycles. The minimum atomic E-state index is 0.711. The van der Waals surface area contributed by atoms with Crippen LogP contribution in [0.1, 0.15) is 31.2 Å². The van der Waals surface area contributed by atoms with Crippen molar-refractivity contribution in [3.05, 3.63) is 42.1 Å². The first-order valence-electron chi connectivity index (χ1n) is 8.08. The standard InChI is InChI=1S/C18H23N3/c1-21(17-10-15-7-8-16(11-17)20-15)12-14-5-2-4-13-6-3-9-19-18(13)14/h2-6,9,15-17,20H,7-8,10-12H2,1H3. The van der Waals surface area contributed by atoms with Crippen LogP contribution in [0.2, 0.25) is 0 Å². The summed E-state index contributed by atoms with van der Waals surface area (Å²) < 4.78 is 0. The summed E-state index contributed by atoms with van der Waals surface area (Å²) in [5, 5.41) is 4.97. The second-order valence-electron chi connectivity index (χ2n) is 6.67. The number of piperidine rings is 1. The minimum absolute atomic E-state index is 0.711. The number of rotatable bonds is 3. The first kappa shape index (κ1) is 13.2. The van der Waals surface area contributed by atoms with E-state index in [4.69, 9.17) is 0 Å². The zero-order chi connectivity index (χ0) is 14.2. The number of hydrogen-bond acceptors (Lipinski definition) is 3. The van der Waals surface area contributed by atoms with Crippen molar-refractivity contribution in [1.29, 1.82) is 0 Å². The maximum Gasteiger partial charge on any atom is 0.0746 e. The zero-order valence-corrected chi connectivity index (χ0v) is 12.6. The Labute approximate surface area is 126 Å². The van der Waals surface area contributed by atoms with Gasteiger partial charge in [-0.2, -0.15) is 0 Å². The molecule has 2 bridgehead atoms. The third-order valence-corrected chi connectivity index (χ3v) is 5.21. The van der Waals surface area contributed by atoms with Crippen LogP contribution in [-0.4, -0.2) is 35.1 Å². The van der Waals surface area contributed by atoms with Crippen LogP contribution in [0, 0.1) is 0 Å². The Balaban J connectivity index is 1.54. The Hall–Kier alpha value is -1.45. The van der Waals surface area contributed by atoms with Crippen molar-refractivity contribution in [1.82, 2.24) is 15.2 Å². The summed E-state index contributed by atoms with van der Waals surface area (Å²) in [5.41, 5.74) is 2.50. The van der Waals surface area contributed by atoms with Gasteiger partial charge >= 0.3 is 0 Å². The quantitative estimate of drug-likeness (QED) is 0.937. The van der Waals surface area contributed by atoms with Crippen LogP contribution in [0.4, 0.5) is 0 Å². The van der Waals surface area contributed by atoms with E-state index in [0.717, 1.165) is 24.1 Å². The lowest BCUT2D eigenvalue weighted by Crippen LogP contribution is -2.46. The van der Waals surface area contributed by atoms with Gasteiger partial charge in [-0.25, -0.2) is 0 Å². The van der Waals surface area contributed by atoms with Crippen LogP contribution in [0.15, 0.2) is 36.5 Å². The molecule has 2 atom stereocenters. The van der Waals surface area contributed by atoms with E-state index in [0.29, 0.717) is 6.04 Å². The van der Waals surface area contributed by atoms with E-state index in [1.165, 1.54) is 36.6 Å². The van der Waals surface area contributed by atoms with Crippen LogP contribution in [0.25, 0.3) is 10.9 Å². The largest absolute Gasteiger partial charge is 0.311 e. The van der Waals surface area contributed by atoms with E-state index in [2.05, 4.69) is 46.5 Å². The Bertz CT molecular complexity index is 622. The molecule has 3 heterocycles. The average Bonchev–Trinajstić information content (AvgIpc) is 2.86. The molecule has 2 unspecified atom stereocenters. The zero-order valence-electron chi connectivity index (χ0n) is 12.6. The number of benzene rings is 1. The minimum Gasteiger partial charge on any atom is -0.311 e.